The fraction of sp³-hybridized carbons (Fsp3) is 0.583. The molecule has 2 heterocycles. The smallest absolute Gasteiger partial charge is 0.0509 e. The van der Waals surface area contributed by atoms with E-state index in [9.17, 15) is 0 Å². The Kier molecular flexibility index (Phi) is 3.98. The molecule has 1 fully saturated rings. The van der Waals surface area contributed by atoms with Gasteiger partial charge >= 0.3 is 0 Å². The van der Waals surface area contributed by atoms with Crippen molar-refractivity contribution in [2.24, 2.45) is 0 Å². The molecule has 16 heavy (non-hydrogen) atoms. The van der Waals surface area contributed by atoms with Crippen LogP contribution in [0.25, 0.3) is 0 Å². The number of halogens is 1. The quantitative estimate of drug-likeness (QED) is 0.774. The van der Waals surface area contributed by atoms with Crippen LogP contribution in [-0.4, -0.2) is 29.6 Å². The van der Waals surface area contributed by atoms with Gasteiger partial charge in [-0.3, -0.25) is 4.98 Å². The molecule has 1 aromatic rings. The lowest BCUT2D eigenvalue weighted by atomic mass is 10.1. The van der Waals surface area contributed by atoms with Crippen LogP contribution in [0, 0.1) is 6.92 Å². The van der Waals surface area contributed by atoms with Crippen molar-refractivity contribution < 1.29 is 0 Å². The Labute approximate surface area is 106 Å². The van der Waals surface area contributed by atoms with Gasteiger partial charge in [-0.2, -0.15) is 11.8 Å². The maximum Gasteiger partial charge on any atom is 0.0509 e. The normalized spacial score (nSPS) is 20.1. The van der Waals surface area contributed by atoms with Crippen molar-refractivity contribution in [3.05, 3.63) is 23.5 Å². The molecule has 2 nitrogen and oxygen atoms in total. The monoisotopic (exact) mass is 256 g/mol. The van der Waals surface area contributed by atoms with E-state index in [1.165, 1.54) is 23.6 Å². The largest absolute Gasteiger partial charge is 0.370 e. The lowest BCUT2D eigenvalue weighted by molar-refractivity contribution is 0.697. The third-order valence-electron chi connectivity index (χ3n) is 3.08. The summed E-state index contributed by atoms with van der Waals surface area (Å²) in [5.41, 5.74) is 3.43. The fourth-order valence-corrected chi connectivity index (χ4v) is 3.50. The predicted octanol–water partition coefficient (Wildman–Crippen LogP) is 3.07. The highest BCUT2D eigenvalue weighted by molar-refractivity contribution is 7.99. The number of aromatic nitrogens is 1. The molecule has 0 radical (unpaired) electrons. The summed E-state index contributed by atoms with van der Waals surface area (Å²) < 4.78 is 0. The molecule has 1 aromatic heterocycles. The number of nitrogens with zero attached hydrogens (tertiary/aromatic N) is 2. The average Bonchev–Trinajstić information content (AvgIpc) is 2.81. The second-order valence-electron chi connectivity index (χ2n) is 4.22. The second kappa shape index (κ2) is 5.28. The first-order chi connectivity index (χ1) is 7.72. The number of thioether (sulfide) groups is 1. The highest BCUT2D eigenvalue weighted by atomic mass is 35.5. The van der Waals surface area contributed by atoms with Crippen LogP contribution in [0.2, 0.25) is 0 Å². The highest BCUT2D eigenvalue weighted by Gasteiger charge is 2.21. The molecule has 4 heteroatoms. The van der Waals surface area contributed by atoms with Crippen LogP contribution in [0.3, 0.4) is 0 Å². The SMILES string of the molecule is Cc1cc(N(C)C2CCSC2)c(CCl)cn1. The van der Waals surface area contributed by atoms with Gasteiger partial charge in [0, 0.05) is 42.0 Å². The summed E-state index contributed by atoms with van der Waals surface area (Å²) in [4.78, 5) is 6.67. The lowest BCUT2D eigenvalue weighted by Crippen LogP contribution is -2.32. The molecular weight excluding hydrogens is 240 g/mol. The third-order valence-corrected chi connectivity index (χ3v) is 4.51. The number of aryl methyl sites for hydroxylation is 1. The van der Waals surface area contributed by atoms with Gasteiger partial charge in [-0.15, -0.1) is 11.6 Å². The zero-order chi connectivity index (χ0) is 11.5. The Morgan fingerprint density at radius 2 is 2.44 bits per heavy atom. The molecule has 1 atom stereocenters. The highest BCUT2D eigenvalue weighted by Crippen LogP contribution is 2.29. The van der Waals surface area contributed by atoms with Crippen LogP contribution in [0.1, 0.15) is 17.7 Å². The van der Waals surface area contributed by atoms with E-state index in [2.05, 4.69) is 23.0 Å². The number of hydrogen-bond donors (Lipinski definition) is 0. The van der Waals surface area contributed by atoms with E-state index in [0.717, 1.165) is 11.3 Å². The topological polar surface area (TPSA) is 16.1 Å². The lowest BCUT2D eigenvalue weighted by Gasteiger charge is -2.28. The number of pyridine rings is 1. The maximum atomic E-state index is 5.96. The van der Waals surface area contributed by atoms with Gasteiger partial charge in [0.05, 0.1) is 5.88 Å². The summed E-state index contributed by atoms with van der Waals surface area (Å²) in [7, 11) is 2.17. The molecule has 0 aromatic carbocycles. The van der Waals surface area contributed by atoms with Crippen molar-refractivity contribution in [2.75, 3.05) is 23.5 Å². The summed E-state index contributed by atoms with van der Waals surface area (Å²) in [5, 5.41) is 0. The molecule has 1 aliphatic heterocycles. The summed E-state index contributed by atoms with van der Waals surface area (Å²) in [6.45, 7) is 2.03. The van der Waals surface area contributed by atoms with Gasteiger partial charge in [0.25, 0.3) is 0 Å². The molecule has 0 saturated carbocycles. The van der Waals surface area contributed by atoms with Crippen LogP contribution < -0.4 is 4.90 Å². The van der Waals surface area contributed by atoms with E-state index in [1.54, 1.807) is 0 Å². The zero-order valence-corrected chi connectivity index (χ0v) is 11.3. The summed E-state index contributed by atoms with van der Waals surface area (Å²) >= 11 is 8.00. The third kappa shape index (κ3) is 2.46. The molecule has 1 saturated heterocycles. The van der Waals surface area contributed by atoms with Gasteiger partial charge in [-0.25, -0.2) is 0 Å². The van der Waals surface area contributed by atoms with Gasteiger partial charge < -0.3 is 4.90 Å². The van der Waals surface area contributed by atoms with Crippen molar-refractivity contribution >= 4 is 29.1 Å². The van der Waals surface area contributed by atoms with Crippen LogP contribution in [-0.2, 0) is 5.88 Å². The minimum atomic E-state index is 0.535. The van der Waals surface area contributed by atoms with Crippen molar-refractivity contribution in [2.45, 2.75) is 25.3 Å². The molecule has 1 aliphatic rings. The molecule has 1 unspecified atom stereocenters. The Balaban J connectivity index is 2.26. The Hall–Kier alpha value is -0.410. The second-order valence-corrected chi connectivity index (χ2v) is 5.63. The number of anilines is 1. The van der Waals surface area contributed by atoms with E-state index in [4.69, 9.17) is 11.6 Å². The average molecular weight is 257 g/mol. The first kappa shape index (κ1) is 12.1. The number of alkyl halides is 1. The molecule has 2 rings (SSSR count). The van der Waals surface area contributed by atoms with Crippen LogP contribution in [0.4, 0.5) is 5.69 Å². The van der Waals surface area contributed by atoms with Crippen molar-refractivity contribution in [3.8, 4) is 0 Å². The van der Waals surface area contributed by atoms with Gasteiger partial charge in [0.1, 0.15) is 0 Å². The minimum Gasteiger partial charge on any atom is -0.370 e. The van der Waals surface area contributed by atoms with E-state index in [0.29, 0.717) is 11.9 Å². The van der Waals surface area contributed by atoms with Gasteiger partial charge in [0.15, 0.2) is 0 Å². The maximum absolute atomic E-state index is 5.96. The van der Waals surface area contributed by atoms with Gasteiger partial charge in [-0.05, 0) is 25.2 Å². The number of rotatable bonds is 3. The molecule has 0 amide bonds. The summed E-state index contributed by atoms with van der Waals surface area (Å²) in [6, 6.07) is 2.79. The van der Waals surface area contributed by atoms with Crippen LogP contribution in [0.15, 0.2) is 12.3 Å². The molecule has 0 bridgehead atoms. The van der Waals surface area contributed by atoms with E-state index in [-0.39, 0.29) is 0 Å². The van der Waals surface area contributed by atoms with Gasteiger partial charge in [0.2, 0.25) is 0 Å². The Morgan fingerprint density at radius 1 is 1.62 bits per heavy atom. The van der Waals surface area contributed by atoms with Crippen LogP contribution >= 0.6 is 23.4 Å². The summed E-state index contributed by atoms with van der Waals surface area (Å²) in [6.07, 6.45) is 3.17. The standard InChI is InChI=1S/C12H17ClN2S/c1-9-5-12(10(6-13)7-14-9)15(2)11-3-4-16-8-11/h5,7,11H,3-4,6,8H2,1-2H3. The van der Waals surface area contributed by atoms with Crippen LogP contribution in [0.5, 0.6) is 0 Å². The number of hydrogen-bond acceptors (Lipinski definition) is 3. The van der Waals surface area contributed by atoms with Crippen molar-refractivity contribution in [1.82, 2.24) is 4.98 Å². The van der Waals surface area contributed by atoms with E-state index < -0.39 is 0 Å². The molecule has 0 aliphatic carbocycles. The van der Waals surface area contributed by atoms with Crippen molar-refractivity contribution in [3.63, 3.8) is 0 Å². The fourth-order valence-electron chi connectivity index (χ4n) is 2.03. The summed E-state index contributed by atoms with van der Waals surface area (Å²) in [5.74, 6) is 3.03. The van der Waals surface area contributed by atoms with E-state index in [1.807, 2.05) is 24.9 Å². The van der Waals surface area contributed by atoms with Crippen molar-refractivity contribution in [1.29, 1.82) is 0 Å². The minimum absolute atomic E-state index is 0.535. The molecule has 0 N–H and O–H groups in total. The molecule has 88 valence electrons. The molecular formula is C12H17ClN2S. The van der Waals surface area contributed by atoms with Gasteiger partial charge in [-0.1, -0.05) is 0 Å². The Morgan fingerprint density at radius 3 is 3.06 bits per heavy atom. The molecule has 0 spiro atoms. The van der Waals surface area contributed by atoms with E-state index >= 15 is 0 Å². The first-order valence-electron chi connectivity index (χ1n) is 5.54. The first-order valence-corrected chi connectivity index (χ1v) is 7.23. The predicted molar refractivity (Wildman–Crippen MR) is 72.7 cm³/mol. The Bertz CT molecular complexity index is 364. The zero-order valence-electron chi connectivity index (χ0n) is 9.74.